The first-order valence-corrected chi connectivity index (χ1v) is 10.1. The quantitative estimate of drug-likeness (QED) is 0.407. The highest BCUT2D eigenvalue weighted by Gasteiger charge is 2.38. The van der Waals surface area contributed by atoms with Gasteiger partial charge >= 0.3 is 12.1 Å². The molecule has 0 aliphatic carbocycles. The second-order valence-electron chi connectivity index (χ2n) is 7.78. The van der Waals surface area contributed by atoms with Crippen LogP contribution in [-0.4, -0.2) is 54.6 Å². The predicted octanol–water partition coefficient (Wildman–Crippen LogP) is 4.36. The highest BCUT2D eigenvalue weighted by Crippen LogP contribution is 2.31. The van der Waals surface area contributed by atoms with Crippen LogP contribution in [0.25, 0.3) is 28.3 Å². The number of aromatic nitrogens is 5. The number of pyridine rings is 2. The maximum Gasteiger partial charge on any atom is 0.470 e. The molecule has 4 aromatic heterocycles. The van der Waals surface area contributed by atoms with Crippen molar-refractivity contribution in [2.75, 3.05) is 13.1 Å². The van der Waals surface area contributed by atoms with Crippen LogP contribution in [0.5, 0.6) is 0 Å². The van der Waals surface area contributed by atoms with Gasteiger partial charge < -0.3 is 9.32 Å². The number of rotatable bonds is 3. The first kappa shape index (κ1) is 21.9. The van der Waals surface area contributed by atoms with Gasteiger partial charge in [-0.15, -0.1) is 10.2 Å². The van der Waals surface area contributed by atoms with E-state index in [1.165, 1.54) is 23.4 Å². The fraction of sp³-hybridized carbons (Fsp3) is 0.286. The SMILES string of the molecule is O=C(c1cnc2c(ccn2-c2ccc(-c3nnc(C(F)(F)F)o3)nc2)c1)N1CCC(F)(F)CC1. The van der Waals surface area contributed by atoms with E-state index in [4.69, 9.17) is 0 Å². The lowest BCUT2D eigenvalue weighted by Gasteiger charge is -2.31. The molecule has 8 nitrogen and oxygen atoms in total. The van der Waals surface area contributed by atoms with Crippen molar-refractivity contribution in [2.45, 2.75) is 24.9 Å². The minimum absolute atomic E-state index is 0.0204. The normalized spacial score (nSPS) is 16.2. The van der Waals surface area contributed by atoms with Gasteiger partial charge in [0.25, 0.3) is 17.7 Å². The standard InChI is InChI=1S/C21H15F5N6O2/c22-20(23)4-7-31(8-5-20)18(33)13-9-12-3-6-32(16(12)28-10-13)14-1-2-15(27-11-14)17-29-30-19(34-17)21(24,25)26/h1-3,6,9-11H,4-5,7-8H2. The van der Waals surface area contributed by atoms with Crippen molar-refractivity contribution in [1.29, 1.82) is 0 Å². The van der Waals surface area contributed by atoms with Crippen molar-refractivity contribution in [2.24, 2.45) is 0 Å². The summed E-state index contributed by atoms with van der Waals surface area (Å²) in [5, 5.41) is 6.99. The van der Waals surface area contributed by atoms with Crippen LogP contribution >= 0.6 is 0 Å². The molecule has 0 atom stereocenters. The number of hydrogen-bond donors (Lipinski definition) is 0. The zero-order valence-electron chi connectivity index (χ0n) is 17.3. The first-order valence-electron chi connectivity index (χ1n) is 10.1. The summed E-state index contributed by atoms with van der Waals surface area (Å²) in [6.45, 7) is -0.0409. The Morgan fingerprint density at radius 1 is 1.03 bits per heavy atom. The molecule has 1 aliphatic rings. The van der Waals surface area contributed by atoms with Crippen LogP contribution in [0.2, 0.25) is 0 Å². The summed E-state index contributed by atoms with van der Waals surface area (Å²) in [5.74, 6) is -4.93. The van der Waals surface area contributed by atoms with Gasteiger partial charge in [0.2, 0.25) is 0 Å². The van der Waals surface area contributed by atoms with Crippen LogP contribution in [0.3, 0.4) is 0 Å². The Morgan fingerprint density at radius 2 is 1.79 bits per heavy atom. The van der Waals surface area contributed by atoms with Gasteiger partial charge in [0.15, 0.2) is 0 Å². The molecule has 0 radical (unpaired) electrons. The summed E-state index contributed by atoms with van der Waals surface area (Å²) in [6.07, 6.45) is -1.00. The smallest absolute Gasteiger partial charge is 0.411 e. The summed E-state index contributed by atoms with van der Waals surface area (Å²) < 4.78 is 71.0. The van der Waals surface area contributed by atoms with Gasteiger partial charge in [0.1, 0.15) is 11.3 Å². The first-order chi connectivity index (χ1) is 16.1. The molecule has 34 heavy (non-hydrogen) atoms. The number of piperidine rings is 1. The van der Waals surface area contributed by atoms with Crippen LogP contribution in [0.4, 0.5) is 22.0 Å². The van der Waals surface area contributed by atoms with E-state index in [9.17, 15) is 26.7 Å². The molecular weight excluding hydrogens is 463 g/mol. The fourth-order valence-electron chi connectivity index (χ4n) is 3.67. The number of carbonyl (C=O) groups excluding carboxylic acids is 1. The number of hydrogen-bond acceptors (Lipinski definition) is 6. The van der Waals surface area contributed by atoms with Gasteiger partial charge in [-0.2, -0.15) is 13.2 Å². The Hall–Kier alpha value is -3.90. The van der Waals surface area contributed by atoms with Gasteiger partial charge in [-0.25, -0.2) is 18.7 Å². The zero-order chi connectivity index (χ0) is 24.1. The van der Waals surface area contributed by atoms with Crippen molar-refractivity contribution in [3.05, 3.63) is 54.3 Å². The number of halogens is 5. The molecule has 13 heteroatoms. The molecule has 0 spiro atoms. The van der Waals surface area contributed by atoms with Gasteiger partial charge in [0, 0.05) is 43.7 Å². The summed E-state index contributed by atoms with van der Waals surface area (Å²) in [6, 6.07) is 6.38. The largest absolute Gasteiger partial charge is 0.470 e. The zero-order valence-corrected chi connectivity index (χ0v) is 17.3. The van der Waals surface area contributed by atoms with E-state index >= 15 is 0 Å². The highest BCUT2D eigenvalue weighted by molar-refractivity contribution is 5.97. The monoisotopic (exact) mass is 478 g/mol. The lowest BCUT2D eigenvalue weighted by Crippen LogP contribution is -2.42. The lowest BCUT2D eigenvalue weighted by atomic mass is 10.1. The van der Waals surface area contributed by atoms with Gasteiger partial charge in [-0.1, -0.05) is 0 Å². The van der Waals surface area contributed by atoms with Crippen LogP contribution in [0.1, 0.15) is 29.1 Å². The second kappa shape index (κ2) is 7.85. The van der Waals surface area contributed by atoms with E-state index in [2.05, 4.69) is 24.6 Å². The third kappa shape index (κ3) is 4.08. The van der Waals surface area contributed by atoms with Crippen molar-refractivity contribution in [3.8, 4) is 17.3 Å². The minimum atomic E-state index is -4.75. The van der Waals surface area contributed by atoms with Crippen LogP contribution in [0, 0.1) is 0 Å². The van der Waals surface area contributed by atoms with E-state index in [0.717, 1.165) is 0 Å². The van der Waals surface area contributed by atoms with E-state index in [1.54, 1.807) is 29.0 Å². The van der Waals surface area contributed by atoms with Crippen molar-refractivity contribution >= 4 is 16.9 Å². The summed E-state index contributed by atoms with van der Waals surface area (Å²) in [7, 11) is 0. The van der Waals surface area contributed by atoms with Gasteiger partial charge in [-0.3, -0.25) is 9.36 Å². The Kier molecular flexibility index (Phi) is 5.06. The molecule has 5 heterocycles. The maximum atomic E-state index is 13.4. The summed E-state index contributed by atoms with van der Waals surface area (Å²) >= 11 is 0. The van der Waals surface area contributed by atoms with E-state index in [-0.39, 0.29) is 43.4 Å². The Balaban J connectivity index is 1.37. The van der Waals surface area contributed by atoms with E-state index in [0.29, 0.717) is 22.3 Å². The number of likely N-dealkylation sites (tertiary alicyclic amines) is 1. The fourth-order valence-corrected chi connectivity index (χ4v) is 3.67. The Morgan fingerprint density at radius 3 is 2.44 bits per heavy atom. The molecule has 1 fully saturated rings. The van der Waals surface area contributed by atoms with Crippen LogP contribution < -0.4 is 0 Å². The molecule has 0 aromatic carbocycles. The van der Waals surface area contributed by atoms with E-state index in [1.807, 2.05) is 0 Å². The molecule has 1 aliphatic heterocycles. The van der Waals surface area contributed by atoms with Crippen LogP contribution in [0.15, 0.2) is 47.3 Å². The maximum absolute atomic E-state index is 13.4. The Bertz CT molecular complexity index is 1350. The lowest BCUT2D eigenvalue weighted by molar-refractivity contribution is -0.156. The summed E-state index contributed by atoms with van der Waals surface area (Å²) in [4.78, 5) is 22.5. The highest BCUT2D eigenvalue weighted by atomic mass is 19.4. The Labute approximate surface area is 188 Å². The molecule has 4 aromatic rings. The molecule has 176 valence electrons. The van der Waals surface area contributed by atoms with Crippen molar-refractivity contribution < 1.29 is 31.2 Å². The molecule has 1 amide bonds. The van der Waals surface area contributed by atoms with Crippen molar-refractivity contribution in [1.82, 2.24) is 29.6 Å². The van der Waals surface area contributed by atoms with Gasteiger partial charge in [0.05, 0.1) is 17.4 Å². The third-order valence-corrected chi connectivity index (χ3v) is 5.47. The number of amides is 1. The molecule has 0 bridgehead atoms. The summed E-state index contributed by atoms with van der Waals surface area (Å²) in [5.41, 5.74) is 1.42. The third-order valence-electron chi connectivity index (χ3n) is 5.47. The van der Waals surface area contributed by atoms with Gasteiger partial charge in [-0.05, 0) is 24.3 Å². The predicted molar refractivity (Wildman–Crippen MR) is 107 cm³/mol. The minimum Gasteiger partial charge on any atom is -0.411 e. The van der Waals surface area contributed by atoms with E-state index < -0.39 is 18.0 Å². The molecule has 0 unspecified atom stereocenters. The average Bonchev–Trinajstić information content (AvgIpc) is 3.46. The molecular formula is C21H15F5N6O2. The van der Waals surface area contributed by atoms with Crippen molar-refractivity contribution in [3.63, 3.8) is 0 Å². The topological polar surface area (TPSA) is 89.9 Å². The molecule has 0 saturated carbocycles. The molecule has 5 rings (SSSR count). The molecule has 1 saturated heterocycles. The number of fused-ring (bicyclic) bond motifs is 1. The number of carbonyl (C=O) groups is 1. The van der Waals surface area contributed by atoms with Crippen LogP contribution in [-0.2, 0) is 6.18 Å². The average molecular weight is 478 g/mol. The second-order valence-corrected chi connectivity index (χ2v) is 7.78. The number of alkyl halides is 5. The molecule has 0 N–H and O–H groups in total. The number of nitrogens with zero attached hydrogens (tertiary/aromatic N) is 6.